The van der Waals surface area contributed by atoms with Crippen LogP contribution in [0.25, 0.3) is 0 Å². The number of nitrogens with zero attached hydrogens (tertiary/aromatic N) is 1. The van der Waals surface area contributed by atoms with Gasteiger partial charge in [-0.05, 0) is 18.9 Å². The van der Waals surface area contributed by atoms with Gasteiger partial charge in [-0.3, -0.25) is 4.98 Å². The summed E-state index contributed by atoms with van der Waals surface area (Å²) in [5.74, 6) is 0. The number of ether oxygens (including phenoxy) is 1. The maximum atomic E-state index is 5.96. The van der Waals surface area contributed by atoms with Crippen LogP contribution in [0, 0.1) is 0 Å². The molecular formula is C10H14N2O. The summed E-state index contributed by atoms with van der Waals surface area (Å²) in [4.78, 5) is 4.06. The number of hydrogen-bond donors (Lipinski definition) is 1. The van der Waals surface area contributed by atoms with Gasteiger partial charge in [0, 0.05) is 30.6 Å². The Bertz CT molecular complexity index is 263. The Kier molecular flexibility index (Phi) is 2.57. The minimum Gasteiger partial charge on any atom is -0.372 e. The third-order valence-corrected chi connectivity index (χ3v) is 2.38. The normalized spacial score (nSPS) is 28.7. The molecule has 1 aromatic heterocycles. The summed E-state index contributed by atoms with van der Waals surface area (Å²) in [5, 5.41) is 0. The van der Waals surface area contributed by atoms with Gasteiger partial charge in [-0.1, -0.05) is 6.07 Å². The second-order valence-electron chi connectivity index (χ2n) is 3.38. The zero-order valence-corrected chi connectivity index (χ0v) is 7.52. The topological polar surface area (TPSA) is 48.1 Å². The molecule has 3 nitrogen and oxygen atoms in total. The highest BCUT2D eigenvalue weighted by molar-refractivity contribution is 5.14. The molecule has 1 aromatic rings. The van der Waals surface area contributed by atoms with E-state index >= 15 is 0 Å². The van der Waals surface area contributed by atoms with E-state index in [-0.39, 0.29) is 12.1 Å². The first-order valence-corrected chi connectivity index (χ1v) is 4.65. The van der Waals surface area contributed by atoms with Gasteiger partial charge >= 0.3 is 0 Å². The van der Waals surface area contributed by atoms with Gasteiger partial charge in [-0.25, -0.2) is 0 Å². The van der Waals surface area contributed by atoms with Gasteiger partial charge in [0.15, 0.2) is 0 Å². The highest BCUT2D eigenvalue weighted by Gasteiger charge is 2.23. The van der Waals surface area contributed by atoms with Crippen LogP contribution < -0.4 is 5.73 Å². The molecule has 2 atom stereocenters. The number of hydrogen-bond acceptors (Lipinski definition) is 3. The molecule has 0 bridgehead atoms. The van der Waals surface area contributed by atoms with Crippen molar-refractivity contribution < 1.29 is 4.74 Å². The Labute approximate surface area is 77.9 Å². The van der Waals surface area contributed by atoms with Gasteiger partial charge in [0.25, 0.3) is 0 Å². The zero-order chi connectivity index (χ0) is 9.10. The van der Waals surface area contributed by atoms with Crippen molar-refractivity contribution in [3.8, 4) is 0 Å². The van der Waals surface area contributed by atoms with Crippen LogP contribution in [0.5, 0.6) is 0 Å². The summed E-state index contributed by atoms with van der Waals surface area (Å²) in [7, 11) is 0. The van der Waals surface area contributed by atoms with Gasteiger partial charge in [-0.2, -0.15) is 0 Å². The summed E-state index contributed by atoms with van der Waals surface area (Å²) in [6.07, 6.45) is 5.74. The summed E-state index contributed by atoms with van der Waals surface area (Å²) < 4.78 is 5.61. The van der Waals surface area contributed by atoms with Crippen LogP contribution in [-0.2, 0) is 4.74 Å². The van der Waals surface area contributed by atoms with Crippen molar-refractivity contribution in [2.75, 3.05) is 6.61 Å². The highest BCUT2D eigenvalue weighted by atomic mass is 16.5. The predicted molar refractivity (Wildman–Crippen MR) is 50.1 cm³/mol. The molecule has 3 heteroatoms. The van der Waals surface area contributed by atoms with E-state index in [2.05, 4.69) is 4.98 Å². The van der Waals surface area contributed by atoms with Gasteiger partial charge in [0.05, 0.1) is 6.10 Å². The number of rotatable bonds is 1. The van der Waals surface area contributed by atoms with Crippen molar-refractivity contribution in [2.24, 2.45) is 5.73 Å². The average Bonchev–Trinajstić information content (AvgIpc) is 2.20. The lowest BCUT2D eigenvalue weighted by Crippen LogP contribution is -2.34. The average molecular weight is 178 g/mol. The molecule has 1 aliphatic rings. The molecule has 2 N–H and O–H groups in total. The molecule has 2 heterocycles. The Balaban J connectivity index is 2.15. The van der Waals surface area contributed by atoms with Crippen LogP contribution in [0.4, 0.5) is 0 Å². The summed E-state index contributed by atoms with van der Waals surface area (Å²) in [6, 6.07) is 4.06. The standard InChI is InChI=1S/C10H14N2O/c11-9-4-2-6-13-10(9)8-3-1-5-12-7-8/h1,3,5,7,9-10H,2,4,6,11H2. The van der Waals surface area contributed by atoms with E-state index in [9.17, 15) is 0 Å². The summed E-state index contributed by atoms with van der Waals surface area (Å²) in [6.45, 7) is 0.813. The summed E-state index contributed by atoms with van der Waals surface area (Å²) in [5.41, 5.74) is 7.05. The number of pyridine rings is 1. The van der Waals surface area contributed by atoms with E-state index in [0.29, 0.717) is 0 Å². The first-order chi connectivity index (χ1) is 6.38. The van der Waals surface area contributed by atoms with Gasteiger partial charge in [0.1, 0.15) is 0 Å². The minimum atomic E-state index is 0.0439. The van der Waals surface area contributed by atoms with Crippen LogP contribution in [0.2, 0.25) is 0 Å². The fourth-order valence-electron chi connectivity index (χ4n) is 1.69. The highest BCUT2D eigenvalue weighted by Crippen LogP contribution is 2.25. The molecule has 1 fully saturated rings. The molecule has 70 valence electrons. The van der Waals surface area contributed by atoms with E-state index in [0.717, 1.165) is 25.0 Å². The maximum absolute atomic E-state index is 5.96. The largest absolute Gasteiger partial charge is 0.372 e. The van der Waals surface area contributed by atoms with Crippen molar-refractivity contribution in [1.29, 1.82) is 0 Å². The Morgan fingerprint density at radius 3 is 3.15 bits per heavy atom. The number of nitrogens with two attached hydrogens (primary N) is 1. The quantitative estimate of drug-likeness (QED) is 0.704. The van der Waals surface area contributed by atoms with Crippen LogP contribution in [0.15, 0.2) is 24.5 Å². The van der Waals surface area contributed by atoms with Crippen molar-refractivity contribution >= 4 is 0 Å². The fourth-order valence-corrected chi connectivity index (χ4v) is 1.69. The third kappa shape index (κ3) is 1.87. The van der Waals surface area contributed by atoms with E-state index in [1.165, 1.54) is 0 Å². The molecule has 0 saturated carbocycles. The zero-order valence-electron chi connectivity index (χ0n) is 7.52. The molecule has 2 rings (SSSR count). The van der Waals surface area contributed by atoms with E-state index in [1.807, 2.05) is 18.3 Å². The molecule has 0 aliphatic carbocycles. The Morgan fingerprint density at radius 1 is 1.54 bits per heavy atom. The molecule has 1 saturated heterocycles. The second-order valence-corrected chi connectivity index (χ2v) is 3.38. The Morgan fingerprint density at radius 2 is 2.46 bits per heavy atom. The minimum absolute atomic E-state index is 0.0439. The molecular weight excluding hydrogens is 164 g/mol. The molecule has 0 aromatic carbocycles. The predicted octanol–water partition coefficient (Wildman–Crippen LogP) is 1.26. The van der Waals surface area contributed by atoms with Crippen molar-refractivity contribution in [2.45, 2.75) is 25.0 Å². The fraction of sp³-hybridized carbons (Fsp3) is 0.500. The monoisotopic (exact) mass is 178 g/mol. The molecule has 2 unspecified atom stereocenters. The molecule has 0 spiro atoms. The lowest BCUT2D eigenvalue weighted by atomic mass is 9.98. The molecule has 0 amide bonds. The van der Waals surface area contributed by atoms with Gasteiger partial charge in [-0.15, -0.1) is 0 Å². The van der Waals surface area contributed by atoms with Crippen molar-refractivity contribution in [3.05, 3.63) is 30.1 Å². The van der Waals surface area contributed by atoms with Crippen LogP contribution in [-0.4, -0.2) is 17.6 Å². The first-order valence-electron chi connectivity index (χ1n) is 4.65. The van der Waals surface area contributed by atoms with Crippen molar-refractivity contribution in [1.82, 2.24) is 4.98 Å². The van der Waals surface area contributed by atoms with E-state index in [4.69, 9.17) is 10.5 Å². The number of aromatic nitrogens is 1. The van der Waals surface area contributed by atoms with Crippen LogP contribution in [0.1, 0.15) is 24.5 Å². The van der Waals surface area contributed by atoms with Crippen LogP contribution >= 0.6 is 0 Å². The van der Waals surface area contributed by atoms with E-state index < -0.39 is 0 Å². The van der Waals surface area contributed by atoms with E-state index in [1.54, 1.807) is 6.20 Å². The SMILES string of the molecule is NC1CCCOC1c1cccnc1. The van der Waals surface area contributed by atoms with Crippen LogP contribution in [0.3, 0.4) is 0 Å². The van der Waals surface area contributed by atoms with Gasteiger partial charge in [0.2, 0.25) is 0 Å². The molecule has 1 aliphatic heterocycles. The molecule has 13 heavy (non-hydrogen) atoms. The van der Waals surface area contributed by atoms with Gasteiger partial charge < -0.3 is 10.5 Å². The summed E-state index contributed by atoms with van der Waals surface area (Å²) >= 11 is 0. The third-order valence-electron chi connectivity index (χ3n) is 2.38. The van der Waals surface area contributed by atoms with Crippen molar-refractivity contribution in [3.63, 3.8) is 0 Å². The molecule has 0 radical (unpaired) electrons. The lowest BCUT2D eigenvalue weighted by molar-refractivity contribution is -0.0000468. The Hall–Kier alpha value is -0.930. The first kappa shape index (κ1) is 8.66. The smallest absolute Gasteiger partial charge is 0.0990 e. The lowest BCUT2D eigenvalue weighted by Gasteiger charge is -2.28. The maximum Gasteiger partial charge on any atom is 0.0990 e. The second kappa shape index (κ2) is 3.85.